The number of rotatable bonds is 5. The number of nitrogens with zero attached hydrogens (tertiary/aromatic N) is 1. The number of fused-ring (bicyclic) bond motifs is 2. The van der Waals surface area contributed by atoms with Crippen LogP contribution in [0.15, 0.2) is 18.3 Å². The molecule has 2 aliphatic rings. The van der Waals surface area contributed by atoms with E-state index in [-0.39, 0.29) is 0 Å². The Balaban J connectivity index is 1.70. The Morgan fingerprint density at radius 3 is 2.95 bits per heavy atom. The summed E-state index contributed by atoms with van der Waals surface area (Å²) in [5.41, 5.74) is 7.11. The molecular formula is C16H25N3. The van der Waals surface area contributed by atoms with E-state index >= 15 is 0 Å². The Hall–Kier alpha value is -1.09. The molecule has 2 aliphatic carbocycles. The quantitative estimate of drug-likeness (QED) is 0.854. The highest BCUT2D eigenvalue weighted by molar-refractivity contribution is 5.32. The van der Waals surface area contributed by atoms with Crippen molar-refractivity contribution < 1.29 is 0 Å². The maximum atomic E-state index is 5.79. The maximum absolute atomic E-state index is 5.79. The highest BCUT2D eigenvalue weighted by atomic mass is 14.9. The number of pyridine rings is 1. The molecule has 4 unspecified atom stereocenters. The average molecular weight is 259 g/mol. The summed E-state index contributed by atoms with van der Waals surface area (Å²) in [7, 11) is 0. The summed E-state index contributed by atoms with van der Waals surface area (Å²) in [4.78, 5) is 4.09. The van der Waals surface area contributed by atoms with E-state index in [0.29, 0.717) is 11.9 Å². The summed E-state index contributed by atoms with van der Waals surface area (Å²) < 4.78 is 0. The van der Waals surface area contributed by atoms with Gasteiger partial charge in [-0.1, -0.05) is 13.3 Å². The molecule has 19 heavy (non-hydrogen) atoms. The molecule has 1 heterocycles. The van der Waals surface area contributed by atoms with E-state index in [1.807, 2.05) is 12.3 Å². The Labute approximate surface area is 116 Å². The van der Waals surface area contributed by atoms with Crippen molar-refractivity contribution in [2.75, 3.05) is 12.3 Å². The first-order valence-electron chi connectivity index (χ1n) is 7.70. The molecule has 0 saturated heterocycles. The summed E-state index contributed by atoms with van der Waals surface area (Å²) in [5, 5.41) is 3.72. The van der Waals surface area contributed by atoms with Crippen LogP contribution in [0.3, 0.4) is 0 Å². The summed E-state index contributed by atoms with van der Waals surface area (Å²) in [6.45, 7) is 3.26. The summed E-state index contributed by atoms with van der Waals surface area (Å²) in [6.07, 6.45) is 8.76. The fourth-order valence-corrected chi connectivity index (χ4v) is 4.30. The largest absolute Gasteiger partial charge is 0.384 e. The molecule has 3 N–H and O–H groups in total. The topological polar surface area (TPSA) is 50.9 Å². The van der Waals surface area contributed by atoms with Crippen molar-refractivity contribution in [3.05, 3.63) is 23.9 Å². The van der Waals surface area contributed by atoms with Crippen molar-refractivity contribution in [1.29, 1.82) is 0 Å². The first-order valence-corrected chi connectivity index (χ1v) is 7.70. The molecule has 3 rings (SSSR count). The normalized spacial score (nSPS) is 30.7. The second-order valence-electron chi connectivity index (χ2n) is 6.30. The summed E-state index contributed by atoms with van der Waals surface area (Å²) in [5.74, 6) is 3.49. The standard InChI is InChI=1S/C16H25N3/c1-2-18-15(9-12-5-6-19-16(17)10-12)14-8-11-3-4-13(14)7-11/h5-6,10-11,13-15,18H,2-4,7-9H2,1H3,(H2,17,19). The van der Waals surface area contributed by atoms with E-state index in [1.54, 1.807) is 0 Å². The van der Waals surface area contributed by atoms with Gasteiger partial charge in [0.1, 0.15) is 5.82 Å². The molecule has 0 spiro atoms. The molecule has 2 fully saturated rings. The summed E-state index contributed by atoms with van der Waals surface area (Å²) >= 11 is 0. The van der Waals surface area contributed by atoms with Gasteiger partial charge in [0.2, 0.25) is 0 Å². The van der Waals surface area contributed by atoms with E-state index in [1.165, 1.54) is 31.2 Å². The minimum Gasteiger partial charge on any atom is -0.384 e. The first kappa shape index (κ1) is 12.9. The van der Waals surface area contributed by atoms with Crippen molar-refractivity contribution in [2.45, 2.75) is 45.1 Å². The van der Waals surface area contributed by atoms with Gasteiger partial charge in [0.25, 0.3) is 0 Å². The summed E-state index contributed by atoms with van der Waals surface area (Å²) in [6, 6.07) is 4.74. The lowest BCUT2D eigenvalue weighted by atomic mass is 9.81. The van der Waals surface area contributed by atoms with Gasteiger partial charge in [0, 0.05) is 12.2 Å². The van der Waals surface area contributed by atoms with Gasteiger partial charge in [-0.05, 0) is 67.7 Å². The van der Waals surface area contributed by atoms with Crippen molar-refractivity contribution in [2.24, 2.45) is 17.8 Å². The van der Waals surface area contributed by atoms with Gasteiger partial charge >= 0.3 is 0 Å². The van der Waals surface area contributed by atoms with Gasteiger partial charge in [0.15, 0.2) is 0 Å². The highest BCUT2D eigenvalue weighted by Gasteiger charge is 2.42. The molecular weight excluding hydrogens is 234 g/mol. The van der Waals surface area contributed by atoms with E-state index in [9.17, 15) is 0 Å². The van der Waals surface area contributed by atoms with Gasteiger partial charge in [-0.3, -0.25) is 0 Å². The van der Waals surface area contributed by atoms with Crippen LogP contribution in [0, 0.1) is 17.8 Å². The van der Waals surface area contributed by atoms with Crippen LogP contribution in [0.5, 0.6) is 0 Å². The molecule has 2 saturated carbocycles. The van der Waals surface area contributed by atoms with Crippen LogP contribution >= 0.6 is 0 Å². The lowest BCUT2D eigenvalue weighted by molar-refractivity contribution is 0.249. The van der Waals surface area contributed by atoms with Gasteiger partial charge in [-0.25, -0.2) is 4.98 Å². The van der Waals surface area contributed by atoms with Crippen LogP contribution in [0.4, 0.5) is 5.82 Å². The molecule has 0 radical (unpaired) electrons. The predicted molar refractivity (Wildman–Crippen MR) is 78.8 cm³/mol. The molecule has 0 aliphatic heterocycles. The predicted octanol–water partition coefficient (Wildman–Crippen LogP) is 2.62. The van der Waals surface area contributed by atoms with E-state index in [4.69, 9.17) is 5.73 Å². The number of nitrogen functional groups attached to an aromatic ring is 1. The van der Waals surface area contributed by atoms with Crippen LogP contribution in [0.1, 0.15) is 38.2 Å². The molecule has 0 aromatic carbocycles. The van der Waals surface area contributed by atoms with Crippen LogP contribution in [0.25, 0.3) is 0 Å². The number of nitrogens with one attached hydrogen (secondary N) is 1. The van der Waals surface area contributed by atoms with Gasteiger partial charge in [-0.15, -0.1) is 0 Å². The zero-order valence-corrected chi connectivity index (χ0v) is 11.8. The third kappa shape index (κ3) is 2.76. The zero-order chi connectivity index (χ0) is 13.2. The van der Waals surface area contributed by atoms with Crippen molar-refractivity contribution in [1.82, 2.24) is 10.3 Å². The molecule has 0 amide bonds. The van der Waals surface area contributed by atoms with Crippen molar-refractivity contribution >= 4 is 5.82 Å². The van der Waals surface area contributed by atoms with Gasteiger partial charge in [0.05, 0.1) is 0 Å². The second-order valence-corrected chi connectivity index (χ2v) is 6.30. The van der Waals surface area contributed by atoms with Crippen molar-refractivity contribution in [3.63, 3.8) is 0 Å². The Morgan fingerprint density at radius 2 is 2.32 bits per heavy atom. The first-order chi connectivity index (χ1) is 9.26. The number of hydrogen-bond donors (Lipinski definition) is 2. The Morgan fingerprint density at radius 1 is 1.42 bits per heavy atom. The van der Waals surface area contributed by atoms with Crippen LogP contribution in [-0.2, 0) is 6.42 Å². The molecule has 1 aromatic rings. The van der Waals surface area contributed by atoms with E-state index in [2.05, 4.69) is 23.3 Å². The third-order valence-corrected chi connectivity index (χ3v) is 5.08. The fourth-order valence-electron chi connectivity index (χ4n) is 4.30. The van der Waals surface area contributed by atoms with Crippen LogP contribution in [0.2, 0.25) is 0 Å². The molecule has 104 valence electrons. The second kappa shape index (κ2) is 5.49. The maximum Gasteiger partial charge on any atom is 0.123 e. The van der Waals surface area contributed by atoms with Crippen molar-refractivity contribution in [3.8, 4) is 0 Å². The SMILES string of the molecule is CCNC(Cc1ccnc(N)c1)C1CC2CCC1C2. The van der Waals surface area contributed by atoms with E-state index in [0.717, 1.165) is 30.7 Å². The minimum atomic E-state index is 0.613. The minimum absolute atomic E-state index is 0.613. The van der Waals surface area contributed by atoms with Gasteiger partial charge in [-0.2, -0.15) is 0 Å². The van der Waals surface area contributed by atoms with Gasteiger partial charge < -0.3 is 11.1 Å². The van der Waals surface area contributed by atoms with Crippen LogP contribution in [-0.4, -0.2) is 17.6 Å². The number of likely N-dealkylation sites (N-methyl/N-ethyl adjacent to an activating group) is 1. The molecule has 1 aromatic heterocycles. The monoisotopic (exact) mass is 259 g/mol. The number of hydrogen-bond acceptors (Lipinski definition) is 3. The third-order valence-electron chi connectivity index (χ3n) is 5.08. The van der Waals surface area contributed by atoms with E-state index < -0.39 is 0 Å². The molecule has 3 heteroatoms. The highest BCUT2D eigenvalue weighted by Crippen LogP contribution is 2.49. The number of aromatic nitrogens is 1. The molecule has 2 bridgehead atoms. The number of anilines is 1. The molecule has 3 nitrogen and oxygen atoms in total. The Bertz CT molecular complexity index is 432. The zero-order valence-electron chi connectivity index (χ0n) is 11.8. The van der Waals surface area contributed by atoms with Crippen LogP contribution < -0.4 is 11.1 Å². The Kier molecular flexibility index (Phi) is 3.74. The molecule has 4 atom stereocenters. The lowest BCUT2D eigenvalue weighted by Gasteiger charge is -2.31. The average Bonchev–Trinajstić information content (AvgIpc) is 3.00. The lowest BCUT2D eigenvalue weighted by Crippen LogP contribution is -2.40. The number of nitrogens with two attached hydrogens (primary N) is 1. The fraction of sp³-hybridized carbons (Fsp3) is 0.688. The smallest absolute Gasteiger partial charge is 0.123 e.